The Labute approximate surface area is 112 Å². The maximum Gasteiger partial charge on any atom is 0.326 e. The lowest BCUT2D eigenvalue weighted by molar-refractivity contribution is -0.157. The first-order valence-corrected chi connectivity index (χ1v) is 6.62. The smallest absolute Gasteiger partial charge is 0.326 e. The van der Waals surface area contributed by atoms with Crippen LogP contribution in [0.15, 0.2) is 0 Å². The topological polar surface area (TPSA) is 50.1 Å². The molecule has 0 aliphatic heterocycles. The van der Waals surface area contributed by atoms with Crippen molar-refractivity contribution in [3.05, 3.63) is 0 Å². The summed E-state index contributed by atoms with van der Waals surface area (Å²) >= 11 is 0. The van der Waals surface area contributed by atoms with Gasteiger partial charge in [-0.3, -0.25) is 4.79 Å². The van der Waals surface area contributed by atoms with E-state index in [0.29, 0.717) is 12.3 Å². The van der Waals surface area contributed by atoms with E-state index in [2.05, 4.69) is 19.9 Å². The maximum atomic E-state index is 12.2. The largest absolute Gasteiger partial charge is 0.468 e. The van der Waals surface area contributed by atoms with E-state index in [-0.39, 0.29) is 5.92 Å². The van der Waals surface area contributed by atoms with E-state index in [0.717, 1.165) is 6.42 Å². The Kier molecular flexibility index (Phi) is 5.86. The molecule has 0 N–H and O–H groups in total. The van der Waals surface area contributed by atoms with E-state index >= 15 is 0 Å². The van der Waals surface area contributed by atoms with Crippen molar-refractivity contribution in [2.45, 2.75) is 54.4 Å². The van der Waals surface area contributed by atoms with Gasteiger partial charge in [-0.25, -0.2) is 0 Å². The van der Waals surface area contributed by atoms with Crippen LogP contribution in [0.5, 0.6) is 0 Å². The lowest BCUT2D eigenvalue weighted by Gasteiger charge is -2.41. The Morgan fingerprint density at radius 3 is 1.89 bits per heavy atom. The molecule has 1 atom stereocenters. The number of esters is 1. The molecular formula is C15H27NO2. The Morgan fingerprint density at radius 1 is 1.17 bits per heavy atom. The highest BCUT2D eigenvalue weighted by Gasteiger charge is 2.52. The summed E-state index contributed by atoms with van der Waals surface area (Å²) in [6.07, 6.45) is 1.36. The molecule has 0 aromatic carbocycles. The fourth-order valence-corrected chi connectivity index (χ4v) is 2.86. The van der Waals surface area contributed by atoms with Crippen LogP contribution in [0.25, 0.3) is 0 Å². The second-order valence-corrected chi connectivity index (χ2v) is 6.59. The molecule has 0 aromatic rings. The molecule has 0 aromatic heterocycles. The predicted octanol–water partition coefficient (Wildman–Crippen LogP) is 3.79. The van der Waals surface area contributed by atoms with Gasteiger partial charge in [0.15, 0.2) is 5.41 Å². The summed E-state index contributed by atoms with van der Waals surface area (Å²) in [4.78, 5) is 12.2. The third kappa shape index (κ3) is 3.48. The summed E-state index contributed by atoms with van der Waals surface area (Å²) in [6.45, 7) is 12.3. The molecule has 0 radical (unpaired) electrons. The number of nitriles is 1. The SMILES string of the molecule is COC(=O)C(C#N)(CC(C)C)C(C)(C)CC(C)C. The highest BCUT2D eigenvalue weighted by molar-refractivity contribution is 5.81. The van der Waals surface area contributed by atoms with E-state index in [1.54, 1.807) is 0 Å². The fraction of sp³-hybridized carbons (Fsp3) is 0.867. The van der Waals surface area contributed by atoms with Gasteiger partial charge >= 0.3 is 5.97 Å². The van der Waals surface area contributed by atoms with Crippen LogP contribution in [0.4, 0.5) is 0 Å². The first-order chi connectivity index (χ1) is 8.13. The number of methoxy groups -OCH3 is 1. The molecular weight excluding hydrogens is 226 g/mol. The zero-order valence-corrected chi connectivity index (χ0v) is 12.8. The van der Waals surface area contributed by atoms with Crippen LogP contribution in [-0.4, -0.2) is 13.1 Å². The Hall–Kier alpha value is -1.04. The van der Waals surface area contributed by atoms with Crippen molar-refractivity contribution in [3.63, 3.8) is 0 Å². The van der Waals surface area contributed by atoms with Crippen LogP contribution < -0.4 is 0 Å². The summed E-state index contributed by atoms with van der Waals surface area (Å²) in [5.74, 6) is 0.309. The predicted molar refractivity (Wildman–Crippen MR) is 72.8 cm³/mol. The molecule has 0 rings (SSSR count). The third-order valence-electron chi connectivity index (χ3n) is 3.51. The summed E-state index contributed by atoms with van der Waals surface area (Å²) in [5, 5.41) is 9.62. The van der Waals surface area contributed by atoms with Crippen molar-refractivity contribution in [3.8, 4) is 6.07 Å². The van der Waals surface area contributed by atoms with Crippen LogP contribution in [0.2, 0.25) is 0 Å². The van der Waals surface area contributed by atoms with Gasteiger partial charge in [-0.2, -0.15) is 5.26 Å². The first kappa shape index (κ1) is 17.0. The van der Waals surface area contributed by atoms with Gasteiger partial charge in [0, 0.05) is 0 Å². The highest BCUT2D eigenvalue weighted by Crippen LogP contribution is 2.48. The molecule has 0 saturated heterocycles. The van der Waals surface area contributed by atoms with E-state index in [1.165, 1.54) is 7.11 Å². The summed E-state index contributed by atoms with van der Waals surface area (Å²) < 4.78 is 4.91. The quantitative estimate of drug-likeness (QED) is 0.677. The maximum absolute atomic E-state index is 12.2. The zero-order valence-electron chi connectivity index (χ0n) is 12.8. The number of carbonyl (C=O) groups is 1. The fourth-order valence-electron chi connectivity index (χ4n) is 2.86. The first-order valence-electron chi connectivity index (χ1n) is 6.62. The third-order valence-corrected chi connectivity index (χ3v) is 3.51. The highest BCUT2D eigenvalue weighted by atomic mass is 16.5. The molecule has 0 saturated carbocycles. The lowest BCUT2D eigenvalue weighted by atomic mass is 9.60. The van der Waals surface area contributed by atoms with E-state index in [4.69, 9.17) is 4.74 Å². The molecule has 0 bridgehead atoms. The number of hydrogen-bond acceptors (Lipinski definition) is 3. The Balaban J connectivity index is 5.57. The summed E-state index contributed by atoms with van der Waals surface area (Å²) in [7, 11) is 1.36. The summed E-state index contributed by atoms with van der Waals surface area (Å²) in [6, 6.07) is 2.27. The standard InChI is InChI=1S/C15H27NO2/c1-11(2)8-14(5,6)15(10-16,9-12(3)4)13(17)18-7/h11-12H,8-9H2,1-7H3. The van der Waals surface area contributed by atoms with Crippen LogP contribution in [0.1, 0.15) is 54.4 Å². The molecule has 3 heteroatoms. The second kappa shape index (κ2) is 6.22. The van der Waals surface area contributed by atoms with Gasteiger partial charge in [0.1, 0.15) is 0 Å². The van der Waals surface area contributed by atoms with Crippen LogP contribution in [0.3, 0.4) is 0 Å². The average Bonchev–Trinajstić information content (AvgIpc) is 2.22. The molecule has 18 heavy (non-hydrogen) atoms. The molecule has 0 amide bonds. The number of ether oxygens (including phenoxy) is 1. The zero-order chi connectivity index (χ0) is 14.6. The molecule has 1 unspecified atom stereocenters. The lowest BCUT2D eigenvalue weighted by Crippen LogP contribution is -2.46. The Morgan fingerprint density at radius 2 is 1.61 bits per heavy atom. The van der Waals surface area contributed by atoms with Crippen molar-refractivity contribution >= 4 is 5.97 Å². The number of nitrogens with zero attached hydrogens (tertiary/aromatic N) is 1. The molecule has 0 aliphatic carbocycles. The average molecular weight is 253 g/mol. The van der Waals surface area contributed by atoms with Crippen LogP contribution >= 0.6 is 0 Å². The monoisotopic (exact) mass is 253 g/mol. The van der Waals surface area contributed by atoms with Gasteiger partial charge in [-0.15, -0.1) is 0 Å². The molecule has 3 nitrogen and oxygen atoms in total. The molecule has 0 heterocycles. The Bertz CT molecular complexity index is 326. The van der Waals surface area contributed by atoms with Gasteiger partial charge in [0.25, 0.3) is 0 Å². The van der Waals surface area contributed by atoms with Crippen LogP contribution in [0, 0.1) is 34.0 Å². The van der Waals surface area contributed by atoms with Gasteiger partial charge in [-0.05, 0) is 30.1 Å². The van der Waals surface area contributed by atoms with Crippen molar-refractivity contribution in [1.29, 1.82) is 5.26 Å². The normalized spacial score (nSPS) is 15.3. The summed E-state index contributed by atoms with van der Waals surface area (Å²) in [5.41, 5.74) is -1.45. The van der Waals surface area contributed by atoms with E-state index in [9.17, 15) is 10.1 Å². The number of rotatable bonds is 6. The van der Waals surface area contributed by atoms with Gasteiger partial charge in [0.05, 0.1) is 13.2 Å². The van der Waals surface area contributed by atoms with Gasteiger partial charge in [0.2, 0.25) is 0 Å². The molecule has 0 spiro atoms. The van der Waals surface area contributed by atoms with Crippen molar-refractivity contribution in [2.75, 3.05) is 7.11 Å². The minimum atomic E-state index is -1.06. The number of carbonyl (C=O) groups excluding carboxylic acids is 1. The second-order valence-electron chi connectivity index (χ2n) is 6.59. The van der Waals surface area contributed by atoms with E-state index < -0.39 is 16.8 Å². The van der Waals surface area contributed by atoms with Gasteiger partial charge in [-0.1, -0.05) is 41.5 Å². The molecule has 104 valence electrons. The van der Waals surface area contributed by atoms with Crippen LogP contribution in [-0.2, 0) is 9.53 Å². The number of hydrogen-bond donors (Lipinski definition) is 0. The van der Waals surface area contributed by atoms with Gasteiger partial charge < -0.3 is 4.74 Å². The minimum absolute atomic E-state index is 0.273. The van der Waals surface area contributed by atoms with E-state index in [1.807, 2.05) is 27.7 Å². The minimum Gasteiger partial charge on any atom is -0.468 e. The van der Waals surface area contributed by atoms with Crippen molar-refractivity contribution < 1.29 is 9.53 Å². The van der Waals surface area contributed by atoms with Crippen molar-refractivity contribution in [2.24, 2.45) is 22.7 Å². The molecule has 0 aliphatic rings. The molecule has 0 fully saturated rings. The van der Waals surface area contributed by atoms with Crippen molar-refractivity contribution in [1.82, 2.24) is 0 Å².